The first-order valence-electron chi connectivity index (χ1n) is 11.1. The number of piperidine rings is 1. The summed E-state index contributed by atoms with van der Waals surface area (Å²) in [7, 11) is 0. The third-order valence-corrected chi connectivity index (χ3v) is 6.92. The first-order valence-corrected chi connectivity index (χ1v) is 11.1. The van der Waals surface area contributed by atoms with E-state index >= 15 is 0 Å². The zero-order chi connectivity index (χ0) is 19.8. The monoisotopic (exact) mass is 394 g/mol. The molecule has 6 heteroatoms. The van der Waals surface area contributed by atoms with Crippen LogP contribution in [0, 0.1) is 0 Å². The molecule has 1 atom stereocenters. The van der Waals surface area contributed by atoms with E-state index in [1.165, 1.54) is 10.9 Å². The molecule has 1 aromatic carbocycles. The van der Waals surface area contributed by atoms with E-state index < -0.39 is 0 Å². The summed E-state index contributed by atoms with van der Waals surface area (Å²) in [5.74, 6) is 0.0530. The topological polar surface area (TPSA) is 68.4 Å². The van der Waals surface area contributed by atoms with Crippen molar-refractivity contribution in [3.05, 3.63) is 35.5 Å². The Morgan fingerprint density at radius 1 is 0.931 bits per heavy atom. The van der Waals surface area contributed by atoms with E-state index in [0.29, 0.717) is 0 Å². The van der Waals surface area contributed by atoms with Crippen LogP contribution >= 0.6 is 0 Å². The van der Waals surface area contributed by atoms with E-state index in [-0.39, 0.29) is 23.9 Å². The van der Waals surface area contributed by atoms with Gasteiger partial charge in [-0.1, -0.05) is 18.2 Å². The standard InChI is InChI=1S/C23H30N4O2/c28-22(19-8-5-7-18-17-6-1-2-9-20(17)25-21(18)19)24-16-10-14-27(15-11-16)23(29)26-12-3-4-13-26/h1-2,6,9,16,19,25H,3-5,7-8,10-15H2,(H,24,28). The van der Waals surface area contributed by atoms with Gasteiger partial charge in [0.25, 0.3) is 0 Å². The average Bonchev–Trinajstić information content (AvgIpc) is 3.41. The molecule has 3 amide bonds. The van der Waals surface area contributed by atoms with Crippen LogP contribution in [0.5, 0.6) is 0 Å². The fraction of sp³-hybridized carbons (Fsp3) is 0.565. The Kier molecular flexibility index (Phi) is 4.94. The maximum absolute atomic E-state index is 13.1. The van der Waals surface area contributed by atoms with Crippen molar-refractivity contribution < 1.29 is 9.59 Å². The van der Waals surface area contributed by atoms with Crippen molar-refractivity contribution in [1.29, 1.82) is 0 Å². The molecule has 2 fully saturated rings. The highest BCUT2D eigenvalue weighted by Crippen LogP contribution is 2.36. The number of urea groups is 1. The molecular formula is C23H30N4O2. The van der Waals surface area contributed by atoms with Crippen LogP contribution in [0.25, 0.3) is 10.9 Å². The molecule has 0 saturated carbocycles. The fourth-order valence-corrected chi connectivity index (χ4v) is 5.30. The predicted octanol–water partition coefficient (Wildman–Crippen LogP) is 3.38. The number of likely N-dealkylation sites (tertiary alicyclic amines) is 2. The second kappa shape index (κ2) is 7.73. The largest absolute Gasteiger partial charge is 0.357 e. The van der Waals surface area contributed by atoms with Crippen molar-refractivity contribution in [1.82, 2.24) is 20.1 Å². The number of hydrogen-bond donors (Lipinski definition) is 2. The highest BCUT2D eigenvalue weighted by Gasteiger charge is 2.32. The molecular weight excluding hydrogens is 364 g/mol. The van der Waals surface area contributed by atoms with E-state index in [1.54, 1.807) is 0 Å². The number of H-pyrrole nitrogens is 1. The van der Waals surface area contributed by atoms with Gasteiger partial charge < -0.3 is 20.1 Å². The van der Waals surface area contributed by atoms with Crippen molar-refractivity contribution in [3.63, 3.8) is 0 Å². The lowest BCUT2D eigenvalue weighted by Gasteiger charge is -2.35. The predicted molar refractivity (Wildman–Crippen MR) is 113 cm³/mol. The molecule has 5 rings (SSSR count). The molecule has 0 bridgehead atoms. The van der Waals surface area contributed by atoms with Crippen molar-refractivity contribution in [2.45, 2.75) is 56.9 Å². The minimum absolute atomic E-state index is 0.0876. The summed E-state index contributed by atoms with van der Waals surface area (Å²) >= 11 is 0. The number of carbonyl (C=O) groups is 2. The second-order valence-corrected chi connectivity index (χ2v) is 8.75. The fourth-order valence-electron chi connectivity index (χ4n) is 5.30. The van der Waals surface area contributed by atoms with Gasteiger partial charge in [-0.05, 0) is 56.6 Å². The SMILES string of the molecule is O=C(NC1CCN(C(=O)N2CCCC2)CC1)C1CCCc2c1[nH]c1ccccc21. The minimum atomic E-state index is -0.0876. The summed E-state index contributed by atoms with van der Waals surface area (Å²) in [4.78, 5) is 33.1. The van der Waals surface area contributed by atoms with E-state index in [0.717, 1.165) is 82.3 Å². The number of benzene rings is 1. The quantitative estimate of drug-likeness (QED) is 0.820. The summed E-state index contributed by atoms with van der Waals surface area (Å²) in [5, 5.41) is 4.55. The number of fused-ring (bicyclic) bond motifs is 3. The van der Waals surface area contributed by atoms with Gasteiger partial charge in [-0.3, -0.25) is 4.79 Å². The number of rotatable bonds is 2. The van der Waals surface area contributed by atoms with Gasteiger partial charge in [-0.15, -0.1) is 0 Å². The number of nitrogens with one attached hydrogen (secondary N) is 2. The number of carbonyl (C=O) groups excluding carboxylic acids is 2. The van der Waals surface area contributed by atoms with Crippen molar-refractivity contribution in [3.8, 4) is 0 Å². The molecule has 2 N–H and O–H groups in total. The number of amides is 3. The molecule has 154 valence electrons. The zero-order valence-corrected chi connectivity index (χ0v) is 17.0. The third kappa shape index (κ3) is 3.49. The number of para-hydroxylation sites is 1. The van der Waals surface area contributed by atoms with E-state index in [9.17, 15) is 9.59 Å². The molecule has 29 heavy (non-hydrogen) atoms. The number of aromatic amines is 1. The summed E-state index contributed by atoms with van der Waals surface area (Å²) in [6.07, 6.45) is 6.92. The molecule has 2 saturated heterocycles. The molecule has 3 heterocycles. The maximum Gasteiger partial charge on any atom is 0.319 e. The van der Waals surface area contributed by atoms with Gasteiger partial charge in [0.15, 0.2) is 0 Å². The van der Waals surface area contributed by atoms with E-state index in [4.69, 9.17) is 0 Å². The molecule has 0 spiro atoms. The van der Waals surface area contributed by atoms with Crippen LogP contribution in [0.2, 0.25) is 0 Å². The molecule has 2 aliphatic heterocycles. The number of nitrogens with zero attached hydrogens (tertiary/aromatic N) is 2. The number of aryl methyl sites for hydroxylation is 1. The highest BCUT2D eigenvalue weighted by molar-refractivity contribution is 5.90. The zero-order valence-electron chi connectivity index (χ0n) is 17.0. The van der Waals surface area contributed by atoms with Crippen LogP contribution in [-0.4, -0.2) is 58.9 Å². The number of aromatic nitrogens is 1. The van der Waals surface area contributed by atoms with Gasteiger partial charge in [0, 0.05) is 48.8 Å². The molecule has 3 aliphatic rings. The van der Waals surface area contributed by atoms with Crippen LogP contribution in [0.3, 0.4) is 0 Å². The van der Waals surface area contributed by atoms with Gasteiger partial charge in [0.05, 0.1) is 5.92 Å². The molecule has 6 nitrogen and oxygen atoms in total. The van der Waals surface area contributed by atoms with Gasteiger partial charge in [-0.2, -0.15) is 0 Å². The first-order chi connectivity index (χ1) is 14.2. The minimum Gasteiger partial charge on any atom is -0.357 e. The number of hydrogen-bond acceptors (Lipinski definition) is 2. The van der Waals surface area contributed by atoms with Crippen LogP contribution in [0.1, 0.15) is 55.7 Å². The normalized spacial score (nSPS) is 22.7. The van der Waals surface area contributed by atoms with Gasteiger partial charge in [0.2, 0.25) is 5.91 Å². The second-order valence-electron chi connectivity index (χ2n) is 8.75. The van der Waals surface area contributed by atoms with E-state index in [1.807, 2.05) is 15.9 Å². The van der Waals surface area contributed by atoms with Crippen LogP contribution in [-0.2, 0) is 11.2 Å². The molecule has 1 aromatic heterocycles. The Labute approximate surface area is 171 Å². The Morgan fingerprint density at radius 3 is 2.45 bits per heavy atom. The van der Waals surface area contributed by atoms with Gasteiger partial charge in [-0.25, -0.2) is 4.79 Å². The average molecular weight is 395 g/mol. The summed E-state index contributed by atoms with van der Waals surface area (Å²) in [6, 6.07) is 8.70. The molecule has 2 aromatic rings. The molecule has 1 unspecified atom stereocenters. The molecule has 1 aliphatic carbocycles. The Hall–Kier alpha value is -2.50. The Balaban J connectivity index is 1.21. The van der Waals surface area contributed by atoms with Crippen LogP contribution in [0.4, 0.5) is 4.79 Å². The highest BCUT2D eigenvalue weighted by atomic mass is 16.2. The summed E-state index contributed by atoms with van der Waals surface area (Å²) in [5.41, 5.74) is 3.56. The lowest BCUT2D eigenvalue weighted by molar-refractivity contribution is -0.123. The van der Waals surface area contributed by atoms with Crippen LogP contribution in [0.15, 0.2) is 24.3 Å². The van der Waals surface area contributed by atoms with Crippen LogP contribution < -0.4 is 5.32 Å². The third-order valence-electron chi connectivity index (χ3n) is 6.92. The van der Waals surface area contributed by atoms with Crippen molar-refractivity contribution in [2.24, 2.45) is 0 Å². The summed E-state index contributed by atoms with van der Waals surface area (Å²) < 4.78 is 0. The Morgan fingerprint density at radius 2 is 1.66 bits per heavy atom. The van der Waals surface area contributed by atoms with Gasteiger partial charge in [0.1, 0.15) is 0 Å². The lowest BCUT2D eigenvalue weighted by Crippen LogP contribution is -2.50. The van der Waals surface area contributed by atoms with E-state index in [2.05, 4.69) is 28.5 Å². The van der Waals surface area contributed by atoms with Gasteiger partial charge >= 0.3 is 6.03 Å². The Bertz CT molecular complexity index is 907. The smallest absolute Gasteiger partial charge is 0.319 e. The van der Waals surface area contributed by atoms with Crippen molar-refractivity contribution >= 4 is 22.8 Å². The summed E-state index contributed by atoms with van der Waals surface area (Å²) in [6.45, 7) is 3.26. The maximum atomic E-state index is 13.1. The van der Waals surface area contributed by atoms with Crippen molar-refractivity contribution in [2.75, 3.05) is 26.2 Å². The lowest BCUT2D eigenvalue weighted by atomic mass is 9.86. The molecule has 0 radical (unpaired) electrons. The first kappa shape index (κ1) is 18.5.